The first-order chi connectivity index (χ1) is 14.6. The number of nitrogens with one attached hydrogen (secondary N) is 1. The van der Waals surface area contributed by atoms with Crippen molar-refractivity contribution in [3.05, 3.63) is 65.4 Å². The van der Waals surface area contributed by atoms with Gasteiger partial charge in [0.05, 0.1) is 34.2 Å². The van der Waals surface area contributed by atoms with Gasteiger partial charge in [-0.15, -0.1) is 0 Å². The minimum Gasteiger partial charge on any atom is -0.478 e. The summed E-state index contributed by atoms with van der Waals surface area (Å²) in [5.74, 6) is -0.411. The molecule has 0 unspecified atom stereocenters. The number of carboxylic acids is 1. The number of aromatic carboxylic acids is 1. The number of nitrogens with zero attached hydrogens (tertiary/aromatic N) is 3. The van der Waals surface area contributed by atoms with Gasteiger partial charge in [-0.05, 0) is 42.2 Å². The van der Waals surface area contributed by atoms with Gasteiger partial charge >= 0.3 is 5.97 Å². The first kappa shape index (κ1) is 18.7. The van der Waals surface area contributed by atoms with Crippen LogP contribution in [0.3, 0.4) is 0 Å². The molecular formula is C22H19FN4O2S. The fraction of sp³-hybridized carbons (Fsp3) is 0.227. The number of fused-ring (bicyclic) bond motifs is 2. The number of halogens is 1. The van der Waals surface area contributed by atoms with Gasteiger partial charge in [0.15, 0.2) is 11.0 Å². The summed E-state index contributed by atoms with van der Waals surface area (Å²) >= 11 is 1.47. The zero-order chi connectivity index (χ0) is 20.7. The number of imidazole rings is 1. The number of benzene rings is 2. The van der Waals surface area contributed by atoms with Crippen molar-refractivity contribution in [2.24, 2.45) is 0 Å². The van der Waals surface area contributed by atoms with E-state index in [2.05, 4.69) is 39.6 Å². The fourth-order valence-corrected chi connectivity index (χ4v) is 4.93. The van der Waals surface area contributed by atoms with Crippen LogP contribution in [-0.4, -0.2) is 38.3 Å². The second-order valence-electron chi connectivity index (χ2n) is 7.33. The molecule has 2 aromatic carbocycles. The van der Waals surface area contributed by atoms with E-state index in [-0.39, 0.29) is 12.1 Å². The summed E-state index contributed by atoms with van der Waals surface area (Å²) in [7, 11) is 0. The van der Waals surface area contributed by atoms with Crippen LogP contribution in [0.4, 0.5) is 9.52 Å². The number of alkyl halides is 1. The van der Waals surface area contributed by atoms with Gasteiger partial charge in [0.25, 0.3) is 0 Å². The Kier molecular flexibility index (Phi) is 4.71. The minimum absolute atomic E-state index is 0.150. The van der Waals surface area contributed by atoms with Gasteiger partial charge in [-0.2, -0.15) is 0 Å². The van der Waals surface area contributed by atoms with Crippen molar-refractivity contribution in [1.82, 2.24) is 14.5 Å². The molecule has 4 aromatic rings. The van der Waals surface area contributed by atoms with Crippen molar-refractivity contribution in [2.45, 2.75) is 25.4 Å². The average Bonchev–Trinajstić information content (AvgIpc) is 3.44. The summed E-state index contributed by atoms with van der Waals surface area (Å²) in [4.78, 5) is 21.2. The molecule has 0 fully saturated rings. The molecular weight excluding hydrogens is 403 g/mol. The summed E-state index contributed by atoms with van der Waals surface area (Å²) in [6, 6.07) is 13.5. The van der Waals surface area contributed by atoms with E-state index >= 15 is 0 Å². The number of hydrogen-bond donors (Lipinski definition) is 2. The highest BCUT2D eigenvalue weighted by atomic mass is 32.1. The van der Waals surface area contributed by atoms with Crippen LogP contribution in [-0.2, 0) is 19.4 Å². The second-order valence-corrected chi connectivity index (χ2v) is 8.36. The Hall–Kier alpha value is -3.26. The molecule has 2 aromatic heterocycles. The summed E-state index contributed by atoms with van der Waals surface area (Å²) in [6.07, 6.45) is 3.66. The maximum atomic E-state index is 13.2. The Morgan fingerprint density at radius 3 is 2.70 bits per heavy atom. The fourth-order valence-electron chi connectivity index (χ4n) is 4.04. The van der Waals surface area contributed by atoms with Gasteiger partial charge in [0, 0.05) is 6.04 Å². The van der Waals surface area contributed by atoms with E-state index in [0.717, 1.165) is 22.9 Å². The molecule has 5 rings (SSSR count). The van der Waals surface area contributed by atoms with E-state index in [9.17, 15) is 14.3 Å². The van der Waals surface area contributed by atoms with Gasteiger partial charge in [0.1, 0.15) is 6.67 Å². The number of carbonyl (C=O) groups is 1. The number of aromatic nitrogens is 3. The van der Waals surface area contributed by atoms with Crippen molar-refractivity contribution >= 4 is 33.5 Å². The number of anilines is 1. The van der Waals surface area contributed by atoms with Crippen molar-refractivity contribution in [2.75, 3.05) is 12.0 Å². The first-order valence-electron chi connectivity index (χ1n) is 9.71. The number of carboxylic acid groups (broad SMARTS) is 1. The first-order valence-corrected chi connectivity index (χ1v) is 10.5. The summed E-state index contributed by atoms with van der Waals surface area (Å²) in [5.41, 5.74) is 4.14. The summed E-state index contributed by atoms with van der Waals surface area (Å²) in [6.45, 7) is -0.389. The molecule has 0 bridgehead atoms. The number of thiazole rings is 1. The third-order valence-electron chi connectivity index (χ3n) is 5.41. The molecule has 2 N–H and O–H groups in total. The van der Waals surface area contributed by atoms with Crippen LogP contribution < -0.4 is 5.32 Å². The SMILES string of the molecule is O=C(O)c1ccc2c(c1)nc(-c1cnc(NC3Cc4ccccc4C3)s1)n2CCF. The standard InChI is InChI=1S/C22H19FN4O2S/c23-7-8-27-18-6-5-15(21(28)29)11-17(18)26-20(27)19-12-24-22(30-19)25-16-9-13-3-1-2-4-14(13)10-16/h1-6,11-12,16H,7-10H2,(H,24,25)(H,28,29). The Morgan fingerprint density at radius 2 is 2.00 bits per heavy atom. The Morgan fingerprint density at radius 1 is 1.23 bits per heavy atom. The molecule has 30 heavy (non-hydrogen) atoms. The van der Waals surface area contributed by atoms with Gasteiger partial charge in [0.2, 0.25) is 0 Å². The van der Waals surface area contributed by atoms with Crippen molar-refractivity contribution in [1.29, 1.82) is 0 Å². The van der Waals surface area contributed by atoms with Crippen LogP contribution in [0, 0.1) is 0 Å². The lowest BCUT2D eigenvalue weighted by Crippen LogP contribution is -2.19. The quantitative estimate of drug-likeness (QED) is 0.481. The average molecular weight is 422 g/mol. The van der Waals surface area contributed by atoms with Crippen LogP contribution in [0.1, 0.15) is 21.5 Å². The molecule has 0 radical (unpaired) electrons. The molecule has 8 heteroatoms. The lowest BCUT2D eigenvalue weighted by atomic mass is 10.1. The molecule has 0 saturated carbocycles. The van der Waals surface area contributed by atoms with E-state index in [1.54, 1.807) is 16.8 Å². The molecule has 0 atom stereocenters. The van der Waals surface area contributed by atoms with Crippen LogP contribution in [0.25, 0.3) is 21.7 Å². The molecule has 2 heterocycles. The van der Waals surface area contributed by atoms with Crippen LogP contribution >= 0.6 is 11.3 Å². The molecule has 0 spiro atoms. The molecule has 152 valence electrons. The van der Waals surface area contributed by atoms with Crippen LogP contribution in [0.15, 0.2) is 48.7 Å². The Balaban J connectivity index is 1.44. The van der Waals surface area contributed by atoms with Crippen molar-refractivity contribution in [3.8, 4) is 10.7 Å². The Labute approximate surface area is 176 Å². The van der Waals surface area contributed by atoms with E-state index in [1.165, 1.54) is 34.6 Å². The maximum absolute atomic E-state index is 13.2. The summed E-state index contributed by atoms with van der Waals surface area (Å²) in [5, 5.41) is 13.5. The lowest BCUT2D eigenvalue weighted by molar-refractivity contribution is 0.0697. The predicted octanol–water partition coefficient (Wildman–Crippen LogP) is 4.41. The molecule has 0 saturated heterocycles. The summed E-state index contributed by atoms with van der Waals surface area (Å²) < 4.78 is 15.0. The van der Waals surface area contributed by atoms with Gasteiger partial charge in [-0.3, -0.25) is 0 Å². The lowest BCUT2D eigenvalue weighted by Gasteiger charge is -2.10. The molecule has 6 nitrogen and oxygen atoms in total. The molecule has 0 amide bonds. The van der Waals surface area contributed by atoms with Gasteiger partial charge in [-0.1, -0.05) is 35.6 Å². The number of rotatable bonds is 6. The smallest absolute Gasteiger partial charge is 0.335 e. The monoisotopic (exact) mass is 422 g/mol. The van der Waals surface area contributed by atoms with E-state index in [1.807, 2.05) is 0 Å². The highest BCUT2D eigenvalue weighted by Gasteiger charge is 2.22. The normalized spacial score (nSPS) is 13.6. The number of hydrogen-bond acceptors (Lipinski definition) is 5. The third kappa shape index (κ3) is 3.33. The second kappa shape index (κ2) is 7.53. The van der Waals surface area contributed by atoms with Gasteiger partial charge in [-0.25, -0.2) is 19.2 Å². The molecule has 0 aliphatic heterocycles. The van der Waals surface area contributed by atoms with Crippen LogP contribution in [0.5, 0.6) is 0 Å². The Bertz CT molecular complexity index is 1220. The van der Waals surface area contributed by atoms with E-state index in [4.69, 9.17) is 0 Å². The molecule has 1 aliphatic carbocycles. The van der Waals surface area contributed by atoms with Crippen LogP contribution in [0.2, 0.25) is 0 Å². The predicted molar refractivity (Wildman–Crippen MR) is 115 cm³/mol. The van der Waals surface area contributed by atoms with Gasteiger partial charge < -0.3 is 15.0 Å². The zero-order valence-corrected chi connectivity index (χ0v) is 16.8. The van der Waals surface area contributed by atoms with E-state index < -0.39 is 12.6 Å². The minimum atomic E-state index is -1.01. The maximum Gasteiger partial charge on any atom is 0.335 e. The van der Waals surface area contributed by atoms with Crippen molar-refractivity contribution in [3.63, 3.8) is 0 Å². The highest BCUT2D eigenvalue weighted by molar-refractivity contribution is 7.18. The topological polar surface area (TPSA) is 80.0 Å². The highest BCUT2D eigenvalue weighted by Crippen LogP contribution is 2.33. The largest absolute Gasteiger partial charge is 0.478 e. The third-order valence-corrected chi connectivity index (χ3v) is 6.33. The number of aryl methyl sites for hydroxylation is 1. The zero-order valence-electron chi connectivity index (χ0n) is 16.0. The molecule has 1 aliphatic rings. The van der Waals surface area contributed by atoms with Crippen molar-refractivity contribution < 1.29 is 14.3 Å². The van der Waals surface area contributed by atoms with E-state index in [0.29, 0.717) is 22.9 Å².